The second-order valence-electron chi connectivity index (χ2n) is 12.2. The molecular formula is C33H41N3O8. The van der Waals surface area contributed by atoms with Gasteiger partial charge in [-0.15, -0.1) is 0 Å². The first-order valence-corrected chi connectivity index (χ1v) is 15.8. The number of nitrogens with one attached hydrogen (secondary N) is 1. The number of rotatable bonds is 5. The van der Waals surface area contributed by atoms with Crippen molar-refractivity contribution < 1.29 is 38.4 Å². The van der Waals surface area contributed by atoms with Gasteiger partial charge in [0.05, 0.1) is 12.1 Å². The fourth-order valence-electron chi connectivity index (χ4n) is 7.39. The summed E-state index contributed by atoms with van der Waals surface area (Å²) in [6.45, 7) is 2.28. The van der Waals surface area contributed by atoms with Crippen LogP contribution in [0.15, 0.2) is 30.3 Å². The Morgan fingerprint density at radius 1 is 1.07 bits per heavy atom. The molecule has 11 heteroatoms. The van der Waals surface area contributed by atoms with Crippen LogP contribution in [0.3, 0.4) is 0 Å². The lowest BCUT2D eigenvalue weighted by Gasteiger charge is -2.34. The Kier molecular flexibility index (Phi) is 8.93. The van der Waals surface area contributed by atoms with Crippen LogP contribution in [0.25, 0.3) is 17.0 Å². The molecule has 2 aromatic rings. The zero-order valence-electron chi connectivity index (χ0n) is 25.3. The van der Waals surface area contributed by atoms with Gasteiger partial charge in [0.25, 0.3) is 0 Å². The molecule has 1 unspecified atom stereocenters. The minimum Gasteiger partial charge on any atom is -0.485 e. The number of hydrogen-bond donors (Lipinski definition) is 2. The van der Waals surface area contributed by atoms with E-state index in [9.17, 15) is 19.5 Å². The number of pyridine rings is 1. The van der Waals surface area contributed by atoms with Crippen LogP contribution >= 0.6 is 0 Å². The standard InChI is InChI=1S/C33H41N3O8/c1-3-42-28-18-26-22-16-19(14-15-23(22)34-28)8-6-11-20-12-7-13-25(20)44-33(40)35-29(21-9-4-5-10-21)30(37)36-24(32(38)39)17-27(43-26)31(36)41-2/h6,8,14-16,18,20-21,24-25,27,29,31H,3-5,7,9-13,17H2,1-2H3,(H,35,40)(H,38,39)/b8-6+/t20-,24+,25-,27-,29+,31?/m1/s1. The van der Waals surface area contributed by atoms with E-state index in [1.165, 1.54) is 12.0 Å². The van der Waals surface area contributed by atoms with Crippen molar-refractivity contribution >= 4 is 34.9 Å². The Bertz CT molecular complexity index is 1420. The minimum absolute atomic E-state index is 0.00144. The highest BCUT2D eigenvalue weighted by molar-refractivity contribution is 5.91. The molecule has 1 aromatic carbocycles. The highest BCUT2D eigenvalue weighted by atomic mass is 16.6. The quantitative estimate of drug-likeness (QED) is 0.486. The molecule has 44 heavy (non-hydrogen) atoms. The van der Waals surface area contributed by atoms with Gasteiger partial charge in [-0.1, -0.05) is 31.1 Å². The summed E-state index contributed by atoms with van der Waals surface area (Å²) in [7, 11) is 1.43. The average molecular weight is 608 g/mol. The first-order valence-electron chi connectivity index (χ1n) is 15.8. The van der Waals surface area contributed by atoms with E-state index in [0.717, 1.165) is 62.3 Å². The molecule has 4 aliphatic rings. The SMILES string of the molecule is CCOc1cc2c3cc(ccc3n1)/C=C/C[C@@H]1CCC[C@H]1OC(=O)N[C@@H](C1CCCC1)C(=O)N1C(OC)[C@@H](C[C@H]1C(=O)O)O2. The fraction of sp³-hybridized carbons (Fsp3) is 0.576. The normalized spacial score (nSPS) is 30.3. The summed E-state index contributed by atoms with van der Waals surface area (Å²) in [5, 5.41) is 13.9. The lowest BCUT2D eigenvalue weighted by molar-refractivity contribution is -0.160. The number of carbonyl (C=O) groups excluding carboxylic acids is 2. The molecule has 2 aliphatic carbocycles. The number of nitrogens with zero attached hydrogens (tertiary/aromatic N) is 2. The topological polar surface area (TPSA) is 137 Å². The zero-order valence-corrected chi connectivity index (χ0v) is 25.3. The van der Waals surface area contributed by atoms with E-state index in [1.807, 2.05) is 31.2 Å². The van der Waals surface area contributed by atoms with Crippen LogP contribution in [0.4, 0.5) is 4.79 Å². The summed E-state index contributed by atoms with van der Waals surface area (Å²) < 4.78 is 24.0. The first-order chi connectivity index (χ1) is 21.4. The van der Waals surface area contributed by atoms with Crippen LogP contribution in [0.1, 0.15) is 70.3 Å². The van der Waals surface area contributed by atoms with Gasteiger partial charge in [0, 0.05) is 25.0 Å². The molecule has 11 nitrogen and oxygen atoms in total. The molecule has 2 amide bonds. The van der Waals surface area contributed by atoms with E-state index in [0.29, 0.717) is 23.8 Å². The molecule has 0 spiro atoms. The summed E-state index contributed by atoms with van der Waals surface area (Å²) in [4.78, 5) is 46.1. The van der Waals surface area contributed by atoms with Crippen molar-refractivity contribution in [1.82, 2.24) is 15.2 Å². The van der Waals surface area contributed by atoms with Crippen molar-refractivity contribution in [2.24, 2.45) is 11.8 Å². The van der Waals surface area contributed by atoms with Crippen LogP contribution in [-0.2, 0) is 19.1 Å². The van der Waals surface area contributed by atoms with Gasteiger partial charge in [-0.3, -0.25) is 9.69 Å². The Morgan fingerprint density at radius 3 is 2.61 bits per heavy atom. The van der Waals surface area contributed by atoms with Crippen LogP contribution in [0, 0.1) is 11.8 Å². The molecule has 1 aromatic heterocycles. The molecule has 2 saturated carbocycles. The van der Waals surface area contributed by atoms with E-state index in [2.05, 4.69) is 16.4 Å². The molecule has 1 saturated heterocycles. The van der Waals surface area contributed by atoms with Gasteiger partial charge < -0.3 is 29.4 Å². The van der Waals surface area contributed by atoms with Crippen molar-refractivity contribution in [2.75, 3.05) is 13.7 Å². The molecule has 236 valence electrons. The predicted octanol–water partition coefficient (Wildman–Crippen LogP) is 4.91. The molecule has 2 aliphatic heterocycles. The molecule has 2 N–H and O–H groups in total. The number of aliphatic carboxylic acids is 1. The van der Waals surface area contributed by atoms with Crippen LogP contribution in [0.2, 0.25) is 0 Å². The molecule has 6 atom stereocenters. The van der Waals surface area contributed by atoms with Gasteiger partial charge in [-0.25, -0.2) is 14.6 Å². The number of fused-ring (bicyclic) bond motifs is 4. The summed E-state index contributed by atoms with van der Waals surface area (Å²) in [5.41, 5.74) is 1.61. The number of carboxylic acids is 1. The maximum Gasteiger partial charge on any atom is 0.408 e. The Balaban J connectivity index is 1.44. The number of carboxylic acid groups (broad SMARTS) is 1. The van der Waals surface area contributed by atoms with Gasteiger partial charge in [0.1, 0.15) is 30.0 Å². The van der Waals surface area contributed by atoms with Gasteiger partial charge in [-0.05, 0) is 75.0 Å². The fourth-order valence-corrected chi connectivity index (χ4v) is 7.39. The monoisotopic (exact) mass is 607 g/mol. The summed E-state index contributed by atoms with van der Waals surface area (Å²) >= 11 is 0. The smallest absolute Gasteiger partial charge is 0.408 e. The van der Waals surface area contributed by atoms with Crippen molar-refractivity contribution in [3.05, 3.63) is 35.9 Å². The molecule has 6 rings (SSSR count). The number of allylic oxidation sites excluding steroid dienone is 1. The summed E-state index contributed by atoms with van der Waals surface area (Å²) in [6.07, 6.45) is 8.22. The average Bonchev–Trinajstić information content (AvgIpc) is 3.76. The third kappa shape index (κ3) is 6.06. The Hall–Kier alpha value is -3.86. The Morgan fingerprint density at radius 2 is 1.86 bits per heavy atom. The molecule has 0 radical (unpaired) electrons. The van der Waals surface area contributed by atoms with Gasteiger partial charge in [0.15, 0.2) is 6.23 Å². The van der Waals surface area contributed by atoms with E-state index in [4.69, 9.17) is 18.9 Å². The molecule has 3 fully saturated rings. The maximum absolute atomic E-state index is 14.3. The van der Waals surface area contributed by atoms with Crippen molar-refractivity contribution in [2.45, 2.75) is 95.2 Å². The van der Waals surface area contributed by atoms with E-state index in [-0.39, 0.29) is 24.4 Å². The van der Waals surface area contributed by atoms with E-state index < -0.39 is 42.4 Å². The summed E-state index contributed by atoms with van der Waals surface area (Å²) in [6, 6.07) is 5.41. The number of methoxy groups -OCH3 is 1. The number of hydrogen-bond acceptors (Lipinski definition) is 8. The lowest BCUT2D eigenvalue weighted by atomic mass is 9.96. The third-order valence-electron chi connectivity index (χ3n) is 9.51. The maximum atomic E-state index is 14.3. The highest BCUT2D eigenvalue weighted by Gasteiger charge is 2.52. The van der Waals surface area contributed by atoms with Crippen LogP contribution < -0.4 is 14.8 Å². The van der Waals surface area contributed by atoms with Crippen molar-refractivity contribution in [3.63, 3.8) is 0 Å². The molecular weight excluding hydrogens is 566 g/mol. The van der Waals surface area contributed by atoms with E-state index in [1.54, 1.807) is 6.07 Å². The van der Waals surface area contributed by atoms with Crippen LogP contribution in [-0.4, -0.2) is 77.2 Å². The van der Waals surface area contributed by atoms with Gasteiger partial charge in [-0.2, -0.15) is 0 Å². The number of benzene rings is 1. The molecule has 4 bridgehead atoms. The first kappa shape index (κ1) is 30.2. The van der Waals surface area contributed by atoms with Crippen molar-refractivity contribution in [1.29, 1.82) is 0 Å². The molecule has 3 heterocycles. The van der Waals surface area contributed by atoms with Gasteiger partial charge >= 0.3 is 12.1 Å². The number of alkyl carbamates (subject to hydrolysis) is 1. The predicted molar refractivity (Wildman–Crippen MR) is 161 cm³/mol. The van der Waals surface area contributed by atoms with Crippen molar-refractivity contribution in [3.8, 4) is 11.6 Å². The number of aromatic nitrogens is 1. The Labute approximate surface area is 256 Å². The second kappa shape index (κ2) is 13.0. The van der Waals surface area contributed by atoms with Crippen LogP contribution in [0.5, 0.6) is 11.6 Å². The number of ether oxygens (including phenoxy) is 4. The summed E-state index contributed by atoms with van der Waals surface area (Å²) in [5.74, 6) is -0.785. The largest absolute Gasteiger partial charge is 0.485 e. The minimum atomic E-state index is -1.21. The number of amides is 2. The highest BCUT2D eigenvalue weighted by Crippen LogP contribution is 2.38. The zero-order chi connectivity index (χ0) is 30.8. The van der Waals surface area contributed by atoms with E-state index >= 15 is 0 Å². The lowest BCUT2D eigenvalue weighted by Crippen LogP contribution is -2.57. The second-order valence-corrected chi connectivity index (χ2v) is 12.2. The third-order valence-corrected chi connectivity index (χ3v) is 9.51. The van der Waals surface area contributed by atoms with Gasteiger partial charge in [0.2, 0.25) is 11.8 Å². The number of carbonyl (C=O) groups is 3.